The molecule has 1 amide bonds. The number of aromatic carboxylic acids is 1. The molecule has 136 valence electrons. The summed E-state index contributed by atoms with van der Waals surface area (Å²) < 4.78 is 5.46. The second kappa shape index (κ2) is 7.87. The highest BCUT2D eigenvalue weighted by Crippen LogP contribution is 2.32. The van der Waals surface area contributed by atoms with Gasteiger partial charge in [0.05, 0.1) is 18.4 Å². The Labute approximate surface area is 153 Å². The van der Waals surface area contributed by atoms with E-state index < -0.39 is 11.9 Å². The number of rotatable bonds is 5. The Morgan fingerprint density at radius 1 is 1.12 bits per heavy atom. The standard InChI is InChI=1S/C21H23NO4/c1-21(2,3)16-11-9-14(13-18(16)26-4)10-12-19(23)22-17-8-6-5-7-15(17)20(24)25/h5-13H,1-4H3,(H,22,23)(H,24,25)/b12-10+. The van der Waals surface area contributed by atoms with E-state index in [4.69, 9.17) is 9.84 Å². The summed E-state index contributed by atoms with van der Waals surface area (Å²) in [4.78, 5) is 23.3. The third-order valence-electron chi connectivity index (χ3n) is 3.88. The number of methoxy groups -OCH3 is 1. The van der Waals surface area contributed by atoms with E-state index in [1.807, 2.05) is 18.2 Å². The monoisotopic (exact) mass is 353 g/mol. The van der Waals surface area contributed by atoms with Crippen molar-refractivity contribution in [3.05, 3.63) is 65.2 Å². The highest BCUT2D eigenvalue weighted by atomic mass is 16.5. The van der Waals surface area contributed by atoms with Crippen molar-refractivity contribution in [1.29, 1.82) is 0 Å². The summed E-state index contributed by atoms with van der Waals surface area (Å²) in [6, 6.07) is 12.0. The Balaban J connectivity index is 2.17. The number of carboxylic acid groups (broad SMARTS) is 1. The lowest BCUT2D eigenvalue weighted by molar-refractivity contribution is -0.111. The zero-order chi connectivity index (χ0) is 19.3. The molecule has 2 aromatic rings. The second-order valence-electron chi connectivity index (χ2n) is 6.88. The Morgan fingerprint density at radius 2 is 1.81 bits per heavy atom. The van der Waals surface area contributed by atoms with Gasteiger partial charge in [-0.15, -0.1) is 0 Å². The maximum atomic E-state index is 12.1. The van der Waals surface area contributed by atoms with Crippen LogP contribution in [0.4, 0.5) is 5.69 Å². The highest BCUT2D eigenvalue weighted by Gasteiger charge is 2.18. The van der Waals surface area contributed by atoms with E-state index in [2.05, 4.69) is 26.1 Å². The zero-order valence-corrected chi connectivity index (χ0v) is 15.4. The van der Waals surface area contributed by atoms with Gasteiger partial charge in [0, 0.05) is 6.08 Å². The molecule has 0 fully saturated rings. The van der Waals surface area contributed by atoms with Crippen molar-refractivity contribution in [2.45, 2.75) is 26.2 Å². The SMILES string of the molecule is COc1cc(/C=C/C(=O)Nc2ccccc2C(=O)O)ccc1C(C)(C)C. The molecule has 2 aromatic carbocycles. The fraction of sp³-hybridized carbons (Fsp3) is 0.238. The van der Waals surface area contributed by atoms with Crippen molar-refractivity contribution in [3.8, 4) is 5.75 Å². The number of carbonyl (C=O) groups excluding carboxylic acids is 1. The molecule has 26 heavy (non-hydrogen) atoms. The number of hydrogen-bond acceptors (Lipinski definition) is 3. The summed E-state index contributed by atoms with van der Waals surface area (Å²) in [7, 11) is 1.62. The number of benzene rings is 2. The zero-order valence-electron chi connectivity index (χ0n) is 15.4. The molecule has 0 aliphatic heterocycles. The lowest BCUT2D eigenvalue weighted by atomic mass is 9.86. The Kier molecular flexibility index (Phi) is 5.82. The molecule has 0 unspecified atom stereocenters. The van der Waals surface area contributed by atoms with E-state index in [0.29, 0.717) is 0 Å². The number of nitrogens with one attached hydrogen (secondary N) is 1. The number of para-hydroxylation sites is 1. The van der Waals surface area contributed by atoms with Crippen molar-refractivity contribution >= 4 is 23.6 Å². The third kappa shape index (κ3) is 4.72. The van der Waals surface area contributed by atoms with E-state index >= 15 is 0 Å². The second-order valence-corrected chi connectivity index (χ2v) is 6.88. The van der Waals surface area contributed by atoms with E-state index in [9.17, 15) is 9.59 Å². The molecule has 0 heterocycles. The van der Waals surface area contributed by atoms with Gasteiger partial charge in [-0.3, -0.25) is 4.79 Å². The minimum absolute atomic E-state index is 0.0467. The normalized spacial score (nSPS) is 11.4. The molecule has 0 aliphatic carbocycles. The Bertz CT molecular complexity index is 847. The van der Waals surface area contributed by atoms with Crippen LogP contribution in [-0.2, 0) is 10.2 Å². The minimum atomic E-state index is -1.09. The van der Waals surface area contributed by atoms with Gasteiger partial charge < -0.3 is 15.2 Å². The minimum Gasteiger partial charge on any atom is -0.496 e. The van der Waals surface area contributed by atoms with Crippen LogP contribution in [0.15, 0.2) is 48.5 Å². The van der Waals surface area contributed by atoms with Crippen LogP contribution < -0.4 is 10.1 Å². The number of anilines is 1. The number of carbonyl (C=O) groups is 2. The molecule has 2 N–H and O–H groups in total. The van der Waals surface area contributed by atoms with Crippen molar-refractivity contribution in [3.63, 3.8) is 0 Å². The number of amides is 1. The van der Waals surface area contributed by atoms with Gasteiger partial charge >= 0.3 is 5.97 Å². The molecule has 0 radical (unpaired) electrons. The van der Waals surface area contributed by atoms with Gasteiger partial charge in [-0.05, 0) is 40.8 Å². The van der Waals surface area contributed by atoms with Crippen molar-refractivity contribution in [2.24, 2.45) is 0 Å². The van der Waals surface area contributed by atoms with Crippen LogP contribution in [0.5, 0.6) is 5.75 Å². The van der Waals surface area contributed by atoms with Crippen LogP contribution in [-0.4, -0.2) is 24.1 Å². The molecule has 0 bridgehead atoms. The van der Waals surface area contributed by atoms with Crippen LogP contribution in [0.2, 0.25) is 0 Å². The average molecular weight is 353 g/mol. The topological polar surface area (TPSA) is 75.6 Å². The number of carboxylic acids is 1. The summed E-state index contributed by atoms with van der Waals surface area (Å²) in [5.74, 6) is -0.735. The van der Waals surface area contributed by atoms with Gasteiger partial charge in [-0.1, -0.05) is 45.0 Å². The summed E-state index contributed by atoms with van der Waals surface area (Å²) in [6.07, 6.45) is 3.03. The molecule has 0 spiro atoms. The maximum absolute atomic E-state index is 12.1. The lowest BCUT2D eigenvalue weighted by Gasteiger charge is -2.22. The highest BCUT2D eigenvalue weighted by molar-refractivity contribution is 6.06. The van der Waals surface area contributed by atoms with Gasteiger partial charge in [-0.25, -0.2) is 4.79 Å². The summed E-state index contributed by atoms with van der Waals surface area (Å²) >= 11 is 0. The molecule has 2 rings (SSSR count). The van der Waals surface area contributed by atoms with Crippen LogP contribution in [0.1, 0.15) is 42.3 Å². The van der Waals surface area contributed by atoms with Crippen molar-refractivity contribution in [2.75, 3.05) is 12.4 Å². The molecule has 0 aromatic heterocycles. The summed E-state index contributed by atoms with van der Waals surface area (Å²) in [5.41, 5.74) is 2.15. The van der Waals surface area contributed by atoms with E-state index in [-0.39, 0.29) is 16.7 Å². The lowest BCUT2D eigenvalue weighted by Crippen LogP contribution is -2.13. The van der Waals surface area contributed by atoms with Crippen molar-refractivity contribution in [1.82, 2.24) is 0 Å². The molecule has 5 heteroatoms. The fourth-order valence-electron chi connectivity index (χ4n) is 2.56. The smallest absolute Gasteiger partial charge is 0.337 e. The largest absolute Gasteiger partial charge is 0.496 e. The van der Waals surface area contributed by atoms with Crippen LogP contribution in [0.3, 0.4) is 0 Å². The first-order chi connectivity index (χ1) is 12.2. The number of hydrogen-bond donors (Lipinski definition) is 2. The Morgan fingerprint density at radius 3 is 2.42 bits per heavy atom. The number of ether oxygens (including phenoxy) is 1. The predicted molar refractivity (Wildman–Crippen MR) is 103 cm³/mol. The first kappa shape index (κ1) is 19.2. The van der Waals surface area contributed by atoms with E-state index in [0.717, 1.165) is 16.9 Å². The molecular formula is C21H23NO4. The molecular weight excluding hydrogens is 330 g/mol. The van der Waals surface area contributed by atoms with Gasteiger partial charge in [0.1, 0.15) is 5.75 Å². The van der Waals surface area contributed by atoms with Gasteiger partial charge in [-0.2, -0.15) is 0 Å². The van der Waals surface area contributed by atoms with Crippen LogP contribution >= 0.6 is 0 Å². The van der Waals surface area contributed by atoms with E-state index in [1.54, 1.807) is 31.4 Å². The third-order valence-corrected chi connectivity index (χ3v) is 3.88. The first-order valence-electron chi connectivity index (χ1n) is 8.22. The average Bonchev–Trinajstić information content (AvgIpc) is 2.59. The Hall–Kier alpha value is -3.08. The van der Waals surface area contributed by atoms with Gasteiger partial charge in [0.15, 0.2) is 0 Å². The maximum Gasteiger partial charge on any atom is 0.337 e. The van der Waals surface area contributed by atoms with Crippen LogP contribution in [0, 0.1) is 0 Å². The molecule has 0 atom stereocenters. The fourth-order valence-corrected chi connectivity index (χ4v) is 2.56. The van der Waals surface area contributed by atoms with Gasteiger partial charge in [0.25, 0.3) is 0 Å². The first-order valence-corrected chi connectivity index (χ1v) is 8.22. The van der Waals surface area contributed by atoms with Crippen LogP contribution in [0.25, 0.3) is 6.08 Å². The molecule has 5 nitrogen and oxygen atoms in total. The summed E-state index contributed by atoms with van der Waals surface area (Å²) in [5, 5.41) is 11.7. The van der Waals surface area contributed by atoms with E-state index in [1.165, 1.54) is 12.1 Å². The molecule has 0 aliphatic rings. The van der Waals surface area contributed by atoms with Crippen molar-refractivity contribution < 1.29 is 19.4 Å². The van der Waals surface area contributed by atoms with Gasteiger partial charge in [0.2, 0.25) is 5.91 Å². The predicted octanol–water partition coefficient (Wildman–Crippen LogP) is 4.34. The quantitative estimate of drug-likeness (QED) is 0.784. The summed E-state index contributed by atoms with van der Waals surface area (Å²) in [6.45, 7) is 6.31. The molecule has 0 saturated carbocycles. The molecule has 0 saturated heterocycles.